The molecule has 92 valence electrons. The Morgan fingerprint density at radius 1 is 1.38 bits per heavy atom. The van der Waals surface area contributed by atoms with E-state index in [1.807, 2.05) is 13.8 Å². The second-order valence-electron chi connectivity index (χ2n) is 4.08. The van der Waals surface area contributed by atoms with Crippen molar-refractivity contribution in [3.8, 4) is 0 Å². The van der Waals surface area contributed by atoms with E-state index in [4.69, 9.17) is 5.11 Å². The van der Waals surface area contributed by atoms with Gasteiger partial charge in [0, 0.05) is 26.2 Å². The predicted octanol–water partition coefficient (Wildman–Crippen LogP) is 1.24. The fourth-order valence-corrected chi connectivity index (χ4v) is 2.05. The molecule has 5 heteroatoms. The van der Waals surface area contributed by atoms with Crippen molar-refractivity contribution in [2.75, 3.05) is 26.2 Å². The lowest BCUT2D eigenvalue weighted by Crippen LogP contribution is -2.48. The summed E-state index contributed by atoms with van der Waals surface area (Å²) >= 11 is 0. The zero-order chi connectivity index (χ0) is 12.1. The molecule has 0 unspecified atom stereocenters. The Labute approximate surface area is 96.0 Å². The number of carboxylic acid groups (broad SMARTS) is 1. The van der Waals surface area contributed by atoms with Gasteiger partial charge in [-0.1, -0.05) is 0 Å². The van der Waals surface area contributed by atoms with Gasteiger partial charge in [-0.3, -0.25) is 4.79 Å². The van der Waals surface area contributed by atoms with Crippen LogP contribution in [0.15, 0.2) is 0 Å². The van der Waals surface area contributed by atoms with Gasteiger partial charge in [0.2, 0.25) is 0 Å². The number of amides is 2. The molecule has 1 aliphatic rings. The Morgan fingerprint density at radius 3 is 2.50 bits per heavy atom. The van der Waals surface area contributed by atoms with Crippen molar-refractivity contribution < 1.29 is 14.7 Å². The number of likely N-dealkylation sites (tertiary alicyclic amines) is 1. The highest BCUT2D eigenvalue weighted by atomic mass is 16.4. The van der Waals surface area contributed by atoms with Gasteiger partial charge in [0.25, 0.3) is 0 Å². The minimum Gasteiger partial charge on any atom is -0.481 e. The van der Waals surface area contributed by atoms with Gasteiger partial charge in [0.05, 0.1) is 5.92 Å². The number of carbonyl (C=O) groups excluding carboxylic acids is 1. The van der Waals surface area contributed by atoms with E-state index in [-0.39, 0.29) is 6.03 Å². The van der Waals surface area contributed by atoms with E-state index in [2.05, 4.69) is 0 Å². The molecule has 1 aliphatic heterocycles. The number of hydrogen-bond donors (Lipinski definition) is 1. The van der Waals surface area contributed by atoms with Gasteiger partial charge in [-0.15, -0.1) is 0 Å². The molecular weight excluding hydrogens is 208 g/mol. The fraction of sp³-hybridized carbons (Fsp3) is 0.818. The zero-order valence-corrected chi connectivity index (χ0v) is 9.98. The highest BCUT2D eigenvalue weighted by Gasteiger charge is 2.29. The number of carboxylic acids is 1. The van der Waals surface area contributed by atoms with Crippen molar-refractivity contribution in [2.45, 2.75) is 26.7 Å². The maximum absolute atomic E-state index is 12.0. The molecule has 1 atom stereocenters. The van der Waals surface area contributed by atoms with Gasteiger partial charge in [0.15, 0.2) is 0 Å². The normalized spacial score (nSPS) is 20.6. The summed E-state index contributed by atoms with van der Waals surface area (Å²) in [7, 11) is 0. The summed E-state index contributed by atoms with van der Waals surface area (Å²) in [6.07, 6.45) is 1.46. The molecule has 0 aromatic carbocycles. The molecule has 0 saturated carbocycles. The number of carbonyl (C=O) groups is 2. The van der Waals surface area contributed by atoms with Crippen molar-refractivity contribution in [3.05, 3.63) is 0 Å². The standard InChI is InChI=1S/C11H20N2O3/c1-3-12(4-2)11(16)13-7-5-6-9(8-13)10(14)15/h9H,3-8H2,1-2H3,(H,14,15)/t9-/m1/s1. The number of hydrogen-bond acceptors (Lipinski definition) is 2. The average Bonchev–Trinajstić information content (AvgIpc) is 2.30. The van der Waals surface area contributed by atoms with Crippen LogP contribution in [0, 0.1) is 5.92 Å². The number of piperidine rings is 1. The van der Waals surface area contributed by atoms with Crippen LogP contribution in [0.3, 0.4) is 0 Å². The van der Waals surface area contributed by atoms with E-state index in [1.165, 1.54) is 0 Å². The maximum Gasteiger partial charge on any atom is 0.320 e. The third kappa shape index (κ3) is 2.87. The van der Waals surface area contributed by atoms with Crippen LogP contribution >= 0.6 is 0 Å². The summed E-state index contributed by atoms with van der Waals surface area (Å²) in [5.74, 6) is -1.19. The number of urea groups is 1. The smallest absolute Gasteiger partial charge is 0.320 e. The van der Waals surface area contributed by atoms with Crippen LogP contribution < -0.4 is 0 Å². The van der Waals surface area contributed by atoms with E-state index in [1.54, 1.807) is 9.80 Å². The molecular formula is C11H20N2O3. The topological polar surface area (TPSA) is 60.9 Å². The number of rotatable bonds is 3. The average molecular weight is 228 g/mol. The second kappa shape index (κ2) is 5.72. The Morgan fingerprint density at radius 2 is 2.00 bits per heavy atom. The first-order valence-electron chi connectivity index (χ1n) is 5.86. The maximum atomic E-state index is 12.0. The van der Waals surface area contributed by atoms with Crippen LogP contribution in [-0.2, 0) is 4.79 Å². The van der Waals surface area contributed by atoms with Crippen LogP contribution in [0.5, 0.6) is 0 Å². The molecule has 16 heavy (non-hydrogen) atoms. The Balaban J connectivity index is 2.59. The summed E-state index contributed by atoms with van der Waals surface area (Å²) in [6, 6.07) is -0.0315. The van der Waals surface area contributed by atoms with Gasteiger partial charge in [0.1, 0.15) is 0 Å². The lowest BCUT2D eigenvalue weighted by atomic mass is 9.99. The molecule has 0 spiro atoms. The van der Waals surface area contributed by atoms with Crippen LogP contribution in [0.2, 0.25) is 0 Å². The summed E-state index contributed by atoms with van der Waals surface area (Å²) in [4.78, 5) is 26.3. The van der Waals surface area contributed by atoms with Crippen LogP contribution in [0.4, 0.5) is 4.79 Å². The largest absolute Gasteiger partial charge is 0.481 e. The lowest BCUT2D eigenvalue weighted by molar-refractivity contribution is -0.143. The molecule has 2 amide bonds. The molecule has 5 nitrogen and oxygen atoms in total. The van der Waals surface area contributed by atoms with Crippen LogP contribution in [0.1, 0.15) is 26.7 Å². The van der Waals surface area contributed by atoms with Gasteiger partial charge in [-0.2, -0.15) is 0 Å². The van der Waals surface area contributed by atoms with Crippen molar-refractivity contribution >= 4 is 12.0 Å². The van der Waals surface area contributed by atoms with Crippen LogP contribution in [0.25, 0.3) is 0 Å². The Hall–Kier alpha value is -1.26. The van der Waals surface area contributed by atoms with Gasteiger partial charge >= 0.3 is 12.0 Å². The highest BCUT2D eigenvalue weighted by Crippen LogP contribution is 2.17. The predicted molar refractivity (Wildman–Crippen MR) is 60.2 cm³/mol. The molecule has 0 aromatic heterocycles. The molecule has 1 N–H and O–H groups in total. The first-order valence-corrected chi connectivity index (χ1v) is 5.86. The van der Waals surface area contributed by atoms with Crippen molar-refractivity contribution in [2.24, 2.45) is 5.92 Å². The Kier molecular flexibility index (Phi) is 4.58. The minimum atomic E-state index is -0.794. The summed E-state index contributed by atoms with van der Waals surface area (Å²) in [6.45, 7) is 6.23. The zero-order valence-electron chi connectivity index (χ0n) is 9.98. The van der Waals surface area contributed by atoms with Crippen molar-refractivity contribution in [1.29, 1.82) is 0 Å². The third-order valence-corrected chi connectivity index (χ3v) is 3.08. The lowest BCUT2D eigenvalue weighted by Gasteiger charge is -2.34. The van der Waals surface area contributed by atoms with E-state index in [9.17, 15) is 9.59 Å². The molecule has 1 saturated heterocycles. The SMILES string of the molecule is CCN(CC)C(=O)N1CCC[C@@H](C(=O)O)C1. The number of aliphatic carboxylic acids is 1. The first kappa shape index (κ1) is 12.8. The summed E-state index contributed by atoms with van der Waals surface area (Å²) in [5, 5.41) is 8.94. The summed E-state index contributed by atoms with van der Waals surface area (Å²) in [5.41, 5.74) is 0. The highest BCUT2D eigenvalue weighted by molar-refractivity contribution is 5.76. The first-order chi connectivity index (χ1) is 7.60. The molecule has 1 heterocycles. The molecule has 0 aromatic rings. The van der Waals surface area contributed by atoms with Crippen molar-refractivity contribution in [1.82, 2.24) is 9.80 Å². The van der Waals surface area contributed by atoms with E-state index < -0.39 is 11.9 Å². The van der Waals surface area contributed by atoms with E-state index >= 15 is 0 Å². The quantitative estimate of drug-likeness (QED) is 0.790. The molecule has 0 radical (unpaired) electrons. The van der Waals surface area contributed by atoms with Crippen LogP contribution in [-0.4, -0.2) is 53.1 Å². The van der Waals surface area contributed by atoms with E-state index in [0.29, 0.717) is 32.6 Å². The van der Waals surface area contributed by atoms with Gasteiger partial charge < -0.3 is 14.9 Å². The third-order valence-electron chi connectivity index (χ3n) is 3.08. The van der Waals surface area contributed by atoms with Gasteiger partial charge in [-0.25, -0.2) is 4.79 Å². The summed E-state index contributed by atoms with van der Waals surface area (Å²) < 4.78 is 0. The minimum absolute atomic E-state index is 0.0315. The monoisotopic (exact) mass is 228 g/mol. The molecule has 0 aliphatic carbocycles. The fourth-order valence-electron chi connectivity index (χ4n) is 2.05. The molecule has 1 fully saturated rings. The molecule has 0 bridgehead atoms. The van der Waals surface area contributed by atoms with Gasteiger partial charge in [-0.05, 0) is 26.7 Å². The van der Waals surface area contributed by atoms with E-state index in [0.717, 1.165) is 6.42 Å². The van der Waals surface area contributed by atoms with Crippen molar-refractivity contribution in [3.63, 3.8) is 0 Å². The molecule has 1 rings (SSSR count). The number of nitrogens with zero attached hydrogens (tertiary/aromatic N) is 2. The Bertz CT molecular complexity index is 264. The second-order valence-corrected chi connectivity index (χ2v) is 4.08.